The predicted octanol–water partition coefficient (Wildman–Crippen LogP) is 1.90. The van der Waals surface area contributed by atoms with E-state index >= 15 is 0 Å². The molecule has 2 nitrogen and oxygen atoms in total. The van der Waals surface area contributed by atoms with Crippen molar-refractivity contribution in [2.45, 2.75) is 18.8 Å². The first kappa shape index (κ1) is 7.98. The Labute approximate surface area is 69.0 Å². The number of thiazole rings is 1. The van der Waals surface area contributed by atoms with E-state index in [-0.39, 0.29) is 5.38 Å². The van der Waals surface area contributed by atoms with E-state index in [1.807, 2.05) is 12.3 Å². The van der Waals surface area contributed by atoms with E-state index < -0.39 is 0 Å². The fourth-order valence-corrected chi connectivity index (χ4v) is 1.57. The number of alkyl halides is 1. The summed E-state index contributed by atoms with van der Waals surface area (Å²) >= 11 is 7.34. The third kappa shape index (κ3) is 1.68. The quantitative estimate of drug-likeness (QED) is 0.700. The van der Waals surface area contributed by atoms with E-state index in [1.54, 1.807) is 11.3 Å². The van der Waals surface area contributed by atoms with Crippen molar-refractivity contribution >= 4 is 22.9 Å². The number of hydrogen-bond acceptors (Lipinski definition) is 3. The second-order valence-corrected chi connectivity index (χ2v) is 3.54. The molecule has 1 rings (SSSR count). The Bertz CT molecular complexity index is 209. The molecule has 0 aliphatic rings. The van der Waals surface area contributed by atoms with Crippen molar-refractivity contribution in [2.24, 2.45) is 5.73 Å². The van der Waals surface area contributed by atoms with Gasteiger partial charge < -0.3 is 5.73 Å². The summed E-state index contributed by atoms with van der Waals surface area (Å²) in [6.45, 7) is 2.40. The molecule has 2 N–H and O–H groups in total. The van der Waals surface area contributed by atoms with Crippen LogP contribution >= 0.6 is 22.9 Å². The number of nitrogens with two attached hydrogens (primary N) is 1. The Morgan fingerprint density at radius 1 is 1.90 bits per heavy atom. The summed E-state index contributed by atoms with van der Waals surface area (Å²) < 4.78 is 0. The van der Waals surface area contributed by atoms with Crippen LogP contribution in [0.25, 0.3) is 0 Å². The Morgan fingerprint density at radius 2 is 2.60 bits per heavy atom. The van der Waals surface area contributed by atoms with Crippen molar-refractivity contribution < 1.29 is 0 Å². The van der Waals surface area contributed by atoms with Crippen LogP contribution in [0.4, 0.5) is 0 Å². The van der Waals surface area contributed by atoms with Gasteiger partial charge in [0.05, 0.1) is 11.1 Å². The molecular formula is C6H9ClN2S. The first-order chi connectivity index (χ1) is 4.74. The van der Waals surface area contributed by atoms with Gasteiger partial charge in [-0.05, 0) is 6.92 Å². The zero-order valence-corrected chi connectivity index (χ0v) is 7.25. The fourth-order valence-electron chi connectivity index (χ4n) is 0.599. The SMILES string of the molecule is CC(Cl)c1nc(CN)cs1. The fraction of sp³-hybridized carbons (Fsp3) is 0.500. The van der Waals surface area contributed by atoms with Crippen molar-refractivity contribution in [1.29, 1.82) is 0 Å². The zero-order chi connectivity index (χ0) is 7.56. The molecule has 0 bridgehead atoms. The van der Waals surface area contributed by atoms with E-state index in [1.165, 1.54) is 0 Å². The van der Waals surface area contributed by atoms with Crippen LogP contribution in [-0.2, 0) is 6.54 Å². The van der Waals surface area contributed by atoms with Crippen LogP contribution in [-0.4, -0.2) is 4.98 Å². The van der Waals surface area contributed by atoms with Gasteiger partial charge in [-0.25, -0.2) is 4.98 Å². The lowest BCUT2D eigenvalue weighted by atomic mass is 10.5. The number of hydrogen-bond donors (Lipinski definition) is 1. The van der Waals surface area contributed by atoms with Gasteiger partial charge in [0.1, 0.15) is 5.01 Å². The minimum atomic E-state index is 0.00491. The molecule has 0 aliphatic carbocycles. The van der Waals surface area contributed by atoms with Crippen molar-refractivity contribution in [2.75, 3.05) is 0 Å². The van der Waals surface area contributed by atoms with Crippen LogP contribution in [0.2, 0.25) is 0 Å². The lowest BCUT2D eigenvalue weighted by molar-refractivity contribution is 0.959. The number of halogens is 1. The maximum atomic E-state index is 5.78. The standard InChI is InChI=1S/C6H9ClN2S/c1-4(7)6-9-5(2-8)3-10-6/h3-4H,2,8H2,1H3. The lowest BCUT2D eigenvalue weighted by Crippen LogP contribution is -1.96. The molecule has 1 heterocycles. The van der Waals surface area contributed by atoms with Gasteiger partial charge in [-0.3, -0.25) is 0 Å². The molecule has 1 aromatic heterocycles. The van der Waals surface area contributed by atoms with Gasteiger partial charge in [0, 0.05) is 11.9 Å². The minimum absolute atomic E-state index is 0.00491. The maximum absolute atomic E-state index is 5.78. The van der Waals surface area contributed by atoms with Crippen molar-refractivity contribution in [3.63, 3.8) is 0 Å². The third-order valence-corrected chi connectivity index (χ3v) is 2.53. The smallest absolute Gasteiger partial charge is 0.111 e. The highest BCUT2D eigenvalue weighted by atomic mass is 35.5. The second-order valence-electron chi connectivity index (χ2n) is 2.00. The molecule has 1 atom stereocenters. The molecule has 10 heavy (non-hydrogen) atoms. The first-order valence-corrected chi connectivity index (χ1v) is 4.34. The van der Waals surface area contributed by atoms with Crippen molar-refractivity contribution in [3.05, 3.63) is 16.1 Å². The molecular weight excluding hydrogens is 168 g/mol. The molecule has 0 aliphatic heterocycles. The Morgan fingerprint density at radius 3 is 2.90 bits per heavy atom. The van der Waals surface area contributed by atoms with Gasteiger partial charge >= 0.3 is 0 Å². The van der Waals surface area contributed by atoms with Crippen LogP contribution in [0.1, 0.15) is 23.0 Å². The Hall–Kier alpha value is -0.120. The van der Waals surface area contributed by atoms with Gasteiger partial charge in [0.2, 0.25) is 0 Å². The van der Waals surface area contributed by atoms with E-state index in [0.29, 0.717) is 6.54 Å². The number of rotatable bonds is 2. The van der Waals surface area contributed by atoms with E-state index in [9.17, 15) is 0 Å². The van der Waals surface area contributed by atoms with Gasteiger partial charge in [-0.15, -0.1) is 22.9 Å². The van der Waals surface area contributed by atoms with Crippen LogP contribution in [0.15, 0.2) is 5.38 Å². The van der Waals surface area contributed by atoms with E-state index in [4.69, 9.17) is 17.3 Å². The molecule has 4 heteroatoms. The van der Waals surface area contributed by atoms with Crippen LogP contribution in [0, 0.1) is 0 Å². The molecule has 0 fully saturated rings. The molecule has 1 aromatic rings. The summed E-state index contributed by atoms with van der Waals surface area (Å²) in [4.78, 5) is 4.19. The zero-order valence-electron chi connectivity index (χ0n) is 5.67. The van der Waals surface area contributed by atoms with Crippen LogP contribution in [0.5, 0.6) is 0 Å². The molecule has 0 amide bonds. The van der Waals surface area contributed by atoms with Gasteiger partial charge in [-0.2, -0.15) is 0 Å². The van der Waals surface area contributed by atoms with Gasteiger partial charge in [0.15, 0.2) is 0 Å². The average Bonchev–Trinajstić information content (AvgIpc) is 2.34. The average molecular weight is 177 g/mol. The minimum Gasteiger partial charge on any atom is -0.325 e. The maximum Gasteiger partial charge on any atom is 0.111 e. The van der Waals surface area contributed by atoms with Crippen molar-refractivity contribution in [1.82, 2.24) is 4.98 Å². The first-order valence-electron chi connectivity index (χ1n) is 3.02. The normalized spacial score (nSPS) is 13.5. The molecule has 0 saturated carbocycles. The monoisotopic (exact) mass is 176 g/mol. The van der Waals surface area contributed by atoms with E-state index in [0.717, 1.165) is 10.7 Å². The lowest BCUT2D eigenvalue weighted by Gasteiger charge is -1.92. The van der Waals surface area contributed by atoms with Crippen molar-refractivity contribution in [3.8, 4) is 0 Å². The largest absolute Gasteiger partial charge is 0.325 e. The molecule has 0 radical (unpaired) electrons. The Kier molecular flexibility index (Phi) is 2.65. The number of nitrogens with zero attached hydrogens (tertiary/aromatic N) is 1. The predicted molar refractivity (Wildman–Crippen MR) is 44.3 cm³/mol. The topological polar surface area (TPSA) is 38.9 Å². The second kappa shape index (κ2) is 3.32. The summed E-state index contributed by atoms with van der Waals surface area (Å²) in [7, 11) is 0. The Balaban J connectivity index is 2.78. The van der Waals surface area contributed by atoms with Crippen LogP contribution < -0.4 is 5.73 Å². The highest BCUT2D eigenvalue weighted by molar-refractivity contribution is 7.10. The van der Waals surface area contributed by atoms with Gasteiger partial charge in [-0.1, -0.05) is 0 Å². The highest BCUT2D eigenvalue weighted by Gasteiger charge is 2.05. The van der Waals surface area contributed by atoms with E-state index in [2.05, 4.69) is 4.98 Å². The molecule has 1 unspecified atom stereocenters. The summed E-state index contributed by atoms with van der Waals surface area (Å²) in [5, 5.41) is 2.89. The third-order valence-electron chi connectivity index (χ3n) is 1.12. The van der Waals surface area contributed by atoms with Crippen LogP contribution in [0.3, 0.4) is 0 Å². The highest BCUT2D eigenvalue weighted by Crippen LogP contribution is 2.22. The molecule has 0 saturated heterocycles. The van der Waals surface area contributed by atoms with Gasteiger partial charge in [0.25, 0.3) is 0 Å². The molecule has 0 spiro atoms. The summed E-state index contributed by atoms with van der Waals surface area (Å²) in [6, 6.07) is 0. The molecule has 56 valence electrons. The summed E-state index contributed by atoms with van der Waals surface area (Å²) in [5.41, 5.74) is 6.29. The summed E-state index contributed by atoms with van der Waals surface area (Å²) in [6.07, 6.45) is 0. The molecule has 0 aromatic carbocycles. The number of aromatic nitrogens is 1. The summed E-state index contributed by atoms with van der Waals surface area (Å²) in [5.74, 6) is 0.